The van der Waals surface area contributed by atoms with Gasteiger partial charge in [0.15, 0.2) is 11.6 Å². The van der Waals surface area contributed by atoms with Gasteiger partial charge in [0.25, 0.3) is 5.91 Å². The van der Waals surface area contributed by atoms with Crippen LogP contribution in [0.25, 0.3) is 0 Å². The minimum absolute atomic E-state index is 0.0163. The van der Waals surface area contributed by atoms with E-state index in [1.54, 1.807) is 42.5 Å². The Balaban J connectivity index is 1.81. The molecule has 1 aliphatic rings. The maximum absolute atomic E-state index is 12.8. The molecule has 0 bridgehead atoms. The highest BCUT2D eigenvalue weighted by Crippen LogP contribution is 2.32. The lowest BCUT2D eigenvalue weighted by Gasteiger charge is -2.20. The number of nitrogens with zero attached hydrogens (tertiary/aromatic N) is 1. The molecule has 1 amide bonds. The second kappa shape index (κ2) is 5.27. The van der Waals surface area contributed by atoms with Crippen molar-refractivity contribution >= 4 is 23.2 Å². The van der Waals surface area contributed by atoms with Gasteiger partial charge in [-0.25, -0.2) is 0 Å². The Kier molecular flexibility index (Phi) is 3.09. The number of fused-ring (bicyclic) bond motifs is 2. The van der Waals surface area contributed by atoms with E-state index in [1.165, 1.54) is 12.3 Å². The molecule has 0 unspecified atom stereocenters. The summed E-state index contributed by atoms with van der Waals surface area (Å²) in [6.07, 6.45) is 1.35. The van der Waals surface area contributed by atoms with Crippen LogP contribution in [0.3, 0.4) is 0 Å². The van der Waals surface area contributed by atoms with Crippen molar-refractivity contribution in [3.05, 3.63) is 82.7 Å². The first-order valence-corrected chi connectivity index (χ1v) is 7.20. The molecule has 1 N–H and O–H groups in total. The lowest BCUT2D eigenvalue weighted by Crippen LogP contribution is -2.23. The summed E-state index contributed by atoms with van der Waals surface area (Å²) in [4.78, 5) is 37.6. The van der Waals surface area contributed by atoms with Crippen molar-refractivity contribution in [2.45, 2.75) is 0 Å². The average molecular weight is 318 g/mol. The van der Waals surface area contributed by atoms with Gasteiger partial charge in [0.2, 0.25) is 5.76 Å². The molecule has 116 valence electrons. The van der Waals surface area contributed by atoms with Crippen LogP contribution in [-0.2, 0) is 0 Å². The second-order valence-corrected chi connectivity index (χ2v) is 5.26. The van der Waals surface area contributed by atoms with Crippen LogP contribution in [0.5, 0.6) is 0 Å². The maximum atomic E-state index is 12.8. The van der Waals surface area contributed by atoms with Gasteiger partial charge in [0.05, 0.1) is 17.4 Å². The molecule has 0 fully saturated rings. The molecular formula is C18H10N2O4. The van der Waals surface area contributed by atoms with Gasteiger partial charge in [-0.1, -0.05) is 41.6 Å². The predicted octanol–water partition coefficient (Wildman–Crippen LogP) is 2.70. The van der Waals surface area contributed by atoms with Gasteiger partial charge in [-0.3, -0.25) is 14.4 Å². The first-order valence-electron chi connectivity index (χ1n) is 7.20. The lowest BCUT2D eigenvalue weighted by atomic mass is 9.83. The molecule has 6 heteroatoms. The van der Waals surface area contributed by atoms with Crippen molar-refractivity contribution in [2.75, 3.05) is 5.32 Å². The van der Waals surface area contributed by atoms with E-state index in [4.69, 9.17) is 4.52 Å². The average Bonchev–Trinajstić information content (AvgIpc) is 3.14. The van der Waals surface area contributed by atoms with Gasteiger partial charge in [-0.2, -0.15) is 0 Å². The van der Waals surface area contributed by atoms with Crippen molar-refractivity contribution in [1.29, 1.82) is 0 Å². The summed E-state index contributed by atoms with van der Waals surface area (Å²) >= 11 is 0. The largest absolute Gasteiger partial charge is 0.351 e. The van der Waals surface area contributed by atoms with E-state index in [2.05, 4.69) is 10.5 Å². The topological polar surface area (TPSA) is 89.3 Å². The maximum Gasteiger partial charge on any atom is 0.294 e. The van der Waals surface area contributed by atoms with Crippen LogP contribution in [-0.4, -0.2) is 22.6 Å². The number of carbonyl (C=O) groups is 3. The number of rotatable bonds is 2. The summed E-state index contributed by atoms with van der Waals surface area (Å²) < 4.78 is 4.80. The van der Waals surface area contributed by atoms with Crippen LogP contribution in [0.4, 0.5) is 5.69 Å². The number of amides is 1. The first kappa shape index (κ1) is 14.1. The van der Waals surface area contributed by atoms with Crippen LogP contribution < -0.4 is 5.32 Å². The third-order valence-corrected chi connectivity index (χ3v) is 3.86. The lowest BCUT2D eigenvalue weighted by molar-refractivity contribution is 0.0975. The minimum atomic E-state index is -0.542. The smallest absolute Gasteiger partial charge is 0.294 e. The monoisotopic (exact) mass is 318 g/mol. The highest BCUT2D eigenvalue weighted by atomic mass is 16.5. The molecule has 3 aromatic rings. The zero-order valence-corrected chi connectivity index (χ0v) is 12.3. The Hall–Kier alpha value is -3.54. The van der Waals surface area contributed by atoms with E-state index in [9.17, 15) is 14.4 Å². The molecule has 1 heterocycles. The Morgan fingerprint density at radius 2 is 1.58 bits per heavy atom. The highest BCUT2D eigenvalue weighted by molar-refractivity contribution is 6.30. The van der Waals surface area contributed by atoms with Crippen molar-refractivity contribution < 1.29 is 18.9 Å². The third-order valence-electron chi connectivity index (χ3n) is 3.86. The highest BCUT2D eigenvalue weighted by Gasteiger charge is 2.31. The van der Waals surface area contributed by atoms with Gasteiger partial charge < -0.3 is 9.84 Å². The first-order chi connectivity index (χ1) is 11.7. The van der Waals surface area contributed by atoms with Crippen LogP contribution >= 0.6 is 0 Å². The summed E-state index contributed by atoms with van der Waals surface area (Å²) in [6, 6.07) is 12.8. The fraction of sp³-hybridized carbons (Fsp3) is 0. The number of hydrogen-bond donors (Lipinski definition) is 1. The quantitative estimate of drug-likeness (QED) is 0.614. The summed E-state index contributed by atoms with van der Waals surface area (Å²) in [5, 5.41) is 6.08. The Morgan fingerprint density at radius 1 is 0.875 bits per heavy atom. The van der Waals surface area contributed by atoms with Crippen molar-refractivity contribution in [2.24, 2.45) is 0 Å². The fourth-order valence-corrected chi connectivity index (χ4v) is 2.77. The van der Waals surface area contributed by atoms with Gasteiger partial charge in [-0.15, -0.1) is 0 Å². The van der Waals surface area contributed by atoms with Gasteiger partial charge in [0.1, 0.15) is 0 Å². The van der Waals surface area contributed by atoms with Gasteiger partial charge in [0, 0.05) is 22.8 Å². The molecule has 2 aromatic carbocycles. The number of benzene rings is 2. The van der Waals surface area contributed by atoms with Crippen LogP contribution in [0.2, 0.25) is 0 Å². The molecule has 24 heavy (non-hydrogen) atoms. The fourth-order valence-electron chi connectivity index (χ4n) is 2.77. The van der Waals surface area contributed by atoms with Crippen LogP contribution in [0.15, 0.2) is 59.3 Å². The SMILES string of the molecule is O=C(Nc1cccc2c1C(=O)c1ccccc1C2=O)c1ccno1. The standard InChI is InChI=1S/C18H10N2O4/c21-16-10-4-1-2-5-11(10)17(22)15-12(16)6-3-7-13(15)20-18(23)14-8-9-19-24-14/h1-9H,(H,20,23). The normalized spacial score (nSPS) is 12.5. The number of carbonyl (C=O) groups excluding carboxylic acids is 3. The molecule has 1 aliphatic carbocycles. The summed E-state index contributed by atoms with van der Waals surface area (Å²) in [5.41, 5.74) is 1.43. The van der Waals surface area contributed by atoms with Gasteiger partial charge >= 0.3 is 0 Å². The molecule has 0 aliphatic heterocycles. The summed E-state index contributed by atoms with van der Waals surface area (Å²) in [5.74, 6) is -1.06. The van der Waals surface area contributed by atoms with Gasteiger partial charge in [-0.05, 0) is 6.07 Å². The van der Waals surface area contributed by atoms with Crippen LogP contribution in [0.1, 0.15) is 42.4 Å². The van der Waals surface area contributed by atoms with E-state index < -0.39 is 5.91 Å². The predicted molar refractivity (Wildman–Crippen MR) is 84.2 cm³/mol. The molecule has 1 aromatic heterocycles. The number of hydrogen-bond acceptors (Lipinski definition) is 5. The van der Waals surface area contributed by atoms with Crippen molar-refractivity contribution in [3.8, 4) is 0 Å². The van der Waals surface area contributed by atoms with E-state index in [1.807, 2.05) is 0 Å². The zero-order chi connectivity index (χ0) is 16.7. The van der Waals surface area contributed by atoms with E-state index in [0.29, 0.717) is 11.1 Å². The zero-order valence-electron chi connectivity index (χ0n) is 12.3. The number of anilines is 1. The minimum Gasteiger partial charge on any atom is -0.351 e. The van der Waals surface area contributed by atoms with Crippen molar-refractivity contribution in [3.63, 3.8) is 0 Å². The number of nitrogens with one attached hydrogen (secondary N) is 1. The Bertz CT molecular complexity index is 990. The van der Waals surface area contributed by atoms with E-state index in [0.717, 1.165) is 0 Å². The summed E-state index contributed by atoms with van der Waals surface area (Å²) in [7, 11) is 0. The molecule has 0 saturated carbocycles. The molecule has 0 saturated heterocycles. The Labute approximate surface area is 136 Å². The Morgan fingerprint density at radius 3 is 2.29 bits per heavy atom. The second-order valence-electron chi connectivity index (χ2n) is 5.26. The molecule has 6 nitrogen and oxygen atoms in total. The van der Waals surface area contributed by atoms with Crippen LogP contribution in [0, 0.1) is 0 Å². The van der Waals surface area contributed by atoms with Crippen molar-refractivity contribution in [1.82, 2.24) is 5.16 Å². The number of aromatic nitrogens is 1. The molecule has 0 radical (unpaired) electrons. The van der Waals surface area contributed by atoms with E-state index >= 15 is 0 Å². The number of ketones is 2. The van der Waals surface area contributed by atoms with E-state index in [-0.39, 0.29) is 34.1 Å². The summed E-state index contributed by atoms with van der Waals surface area (Å²) in [6.45, 7) is 0. The molecule has 4 rings (SSSR count). The molecular weight excluding hydrogens is 308 g/mol. The molecule has 0 spiro atoms. The molecule has 0 atom stereocenters. The third kappa shape index (κ3) is 2.04.